The summed E-state index contributed by atoms with van der Waals surface area (Å²) in [5.41, 5.74) is 0.322. The molecular weight excluding hydrogens is 368 g/mol. The third kappa shape index (κ3) is 5.01. The first-order chi connectivity index (χ1) is 13.3. The summed E-state index contributed by atoms with van der Waals surface area (Å²) in [6, 6.07) is 6.79. The van der Waals surface area contributed by atoms with Crippen LogP contribution in [0.5, 0.6) is 5.75 Å². The van der Waals surface area contributed by atoms with Crippen LogP contribution in [0, 0.1) is 0 Å². The van der Waals surface area contributed by atoms with Gasteiger partial charge in [-0.05, 0) is 12.1 Å². The Hall–Kier alpha value is -3.07. The van der Waals surface area contributed by atoms with E-state index in [-0.39, 0.29) is 18.1 Å². The molecule has 150 valence electrons. The molecule has 0 spiro atoms. The van der Waals surface area contributed by atoms with Crippen LogP contribution in [-0.4, -0.2) is 61.4 Å². The molecule has 3 rings (SSSR count). The number of ether oxygens (including phenoxy) is 4. The predicted molar refractivity (Wildman–Crippen MR) is 97.3 cm³/mol. The Morgan fingerprint density at radius 1 is 1.21 bits per heavy atom. The first kappa shape index (κ1) is 19.7. The third-order valence-corrected chi connectivity index (χ3v) is 4.06. The molecule has 2 aliphatic rings. The standard InChI is InChI=1S/C19H22N2O7/c1-19(2)27-17(23)15(18(24)28-19)11-20-13-4-3-5-14(10-13)26-12-16(22)21-6-8-25-9-7-21/h3-5,10-11,20H,6-9,12H2,1-2H3. The molecule has 0 aliphatic carbocycles. The van der Waals surface area contributed by atoms with Gasteiger partial charge in [0.05, 0.1) is 13.2 Å². The second-order valence-electron chi connectivity index (χ2n) is 6.69. The molecule has 1 aromatic rings. The number of carbonyl (C=O) groups is 3. The Morgan fingerprint density at radius 2 is 1.89 bits per heavy atom. The summed E-state index contributed by atoms with van der Waals surface area (Å²) in [4.78, 5) is 37.7. The molecule has 1 amide bonds. The van der Waals surface area contributed by atoms with Crippen molar-refractivity contribution in [2.45, 2.75) is 19.6 Å². The fraction of sp³-hybridized carbons (Fsp3) is 0.421. The van der Waals surface area contributed by atoms with E-state index in [2.05, 4.69) is 5.32 Å². The van der Waals surface area contributed by atoms with Gasteiger partial charge in [-0.15, -0.1) is 0 Å². The van der Waals surface area contributed by atoms with Gasteiger partial charge in [-0.3, -0.25) is 4.79 Å². The molecule has 9 nitrogen and oxygen atoms in total. The van der Waals surface area contributed by atoms with E-state index in [1.807, 2.05) is 0 Å². The second kappa shape index (κ2) is 8.30. The third-order valence-electron chi connectivity index (χ3n) is 4.06. The van der Waals surface area contributed by atoms with E-state index in [1.54, 1.807) is 29.2 Å². The molecule has 2 aliphatic heterocycles. The second-order valence-corrected chi connectivity index (χ2v) is 6.69. The van der Waals surface area contributed by atoms with Crippen molar-refractivity contribution in [3.8, 4) is 5.75 Å². The lowest BCUT2D eigenvalue weighted by Crippen LogP contribution is -2.42. The van der Waals surface area contributed by atoms with Crippen molar-refractivity contribution in [2.24, 2.45) is 0 Å². The quantitative estimate of drug-likeness (QED) is 0.452. The largest absolute Gasteiger partial charge is 0.484 e. The van der Waals surface area contributed by atoms with Crippen molar-refractivity contribution in [2.75, 3.05) is 38.2 Å². The van der Waals surface area contributed by atoms with E-state index in [4.69, 9.17) is 18.9 Å². The minimum absolute atomic E-state index is 0.0850. The molecule has 28 heavy (non-hydrogen) atoms. The highest BCUT2D eigenvalue weighted by Gasteiger charge is 2.38. The van der Waals surface area contributed by atoms with Crippen LogP contribution in [0.4, 0.5) is 5.69 Å². The summed E-state index contributed by atoms with van der Waals surface area (Å²) < 4.78 is 20.8. The number of anilines is 1. The van der Waals surface area contributed by atoms with Crippen molar-refractivity contribution < 1.29 is 33.3 Å². The molecule has 2 fully saturated rings. The van der Waals surface area contributed by atoms with Crippen LogP contribution in [0.25, 0.3) is 0 Å². The number of morpholine rings is 1. The number of cyclic esters (lactones) is 2. The number of esters is 2. The summed E-state index contributed by atoms with van der Waals surface area (Å²) in [6.07, 6.45) is 1.22. The highest BCUT2D eigenvalue weighted by atomic mass is 16.7. The first-order valence-corrected chi connectivity index (χ1v) is 8.86. The first-order valence-electron chi connectivity index (χ1n) is 8.86. The summed E-state index contributed by atoms with van der Waals surface area (Å²) in [6.45, 7) is 5.04. The Kier molecular flexibility index (Phi) is 5.84. The molecule has 1 N–H and O–H groups in total. The lowest BCUT2D eigenvalue weighted by atomic mass is 10.2. The van der Waals surface area contributed by atoms with E-state index < -0.39 is 17.7 Å². The number of carbonyl (C=O) groups excluding carboxylic acids is 3. The van der Waals surface area contributed by atoms with Crippen molar-refractivity contribution in [1.29, 1.82) is 0 Å². The zero-order valence-corrected chi connectivity index (χ0v) is 15.7. The van der Waals surface area contributed by atoms with Gasteiger partial charge in [0, 0.05) is 44.9 Å². The van der Waals surface area contributed by atoms with Gasteiger partial charge < -0.3 is 29.2 Å². The van der Waals surface area contributed by atoms with Crippen LogP contribution in [0.3, 0.4) is 0 Å². The average Bonchev–Trinajstić information content (AvgIpc) is 2.65. The van der Waals surface area contributed by atoms with Gasteiger partial charge in [0.25, 0.3) is 11.7 Å². The van der Waals surface area contributed by atoms with E-state index in [9.17, 15) is 14.4 Å². The fourth-order valence-corrected chi connectivity index (χ4v) is 2.66. The van der Waals surface area contributed by atoms with E-state index in [1.165, 1.54) is 20.0 Å². The molecule has 0 radical (unpaired) electrons. The summed E-state index contributed by atoms with van der Waals surface area (Å²) in [7, 11) is 0. The van der Waals surface area contributed by atoms with Gasteiger partial charge in [-0.25, -0.2) is 9.59 Å². The Balaban J connectivity index is 1.58. The van der Waals surface area contributed by atoms with Crippen LogP contribution in [-0.2, 0) is 28.6 Å². The van der Waals surface area contributed by atoms with Gasteiger partial charge in [-0.2, -0.15) is 0 Å². The zero-order chi connectivity index (χ0) is 20.1. The maximum Gasteiger partial charge on any atom is 0.350 e. The highest BCUT2D eigenvalue weighted by Crippen LogP contribution is 2.23. The molecule has 0 saturated carbocycles. The smallest absolute Gasteiger partial charge is 0.350 e. The Morgan fingerprint density at radius 3 is 2.57 bits per heavy atom. The molecule has 1 aromatic carbocycles. The van der Waals surface area contributed by atoms with E-state index in [0.717, 1.165) is 0 Å². The number of amides is 1. The average molecular weight is 390 g/mol. The molecule has 0 aromatic heterocycles. The number of rotatable bonds is 5. The normalized spacial score (nSPS) is 18.8. The monoisotopic (exact) mass is 390 g/mol. The van der Waals surface area contributed by atoms with Crippen LogP contribution >= 0.6 is 0 Å². The van der Waals surface area contributed by atoms with Crippen molar-refractivity contribution in [3.63, 3.8) is 0 Å². The van der Waals surface area contributed by atoms with Gasteiger partial charge in [0.1, 0.15) is 5.75 Å². The molecule has 0 atom stereocenters. The van der Waals surface area contributed by atoms with Crippen LogP contribution in [0.2, 0.25) is 0 Å². The van der Waals surface area contributed by atoms with Crippen LogP contribution in [0.15, 0.2) is 36.0 Å². The SMILES string of the molecule is CC1(C)OC(=O)C(=CNc2cccc(OCC(=O)N3CCOCC3)c2)C(=O)O1. The zero-order valence-electron chi connectivity index (χ0n) is 15.7. The maximum atomic E-state index is 12.1. The van der Waals surface area contributed by atoms with Gasteiger partial charge in [0.2, 0.25) is 0 Å². The van der Waals surface area contributed by atoms with E-state index >= 15 is 0 Å². The van der Waals surface area contributed by atoms with Crippen molar-refractivity contribution in [3.05, 3.63) is 36.0 Å². The van der Waals surface area contributed by atoms with Gasteiger partial charge in [-0.1, -0.05) is 6.07 Å². The van der Waals surface area contributed by atoms with Gasteiger partial charge >= 0.3 is 11.9 Å². The summed E-state index contributed by atoms with van der Waals surface area (Å²) >= 11 is 0. The molecule has 0 unspecified atom stereocenters. The minimum Gasteiger partial charge on any atom is -0.484 e. The van der Waals surface area contributed by atoms with Crippen LogP contribution in [0.1, 0.15) is 13.8 Å². The molecule has 0 bridgehead atoms. The molecule has 2 saturated heterocycles. The fourth-order valence-electron chi connectivity index (χ4n) is 2.66. The number of benzene rings is 1. The Labute approximate surface area is 162 Å². The molecule has 9 heteroatoms. The molecule has 2 heterocycles. The number of hydrogen-bond acceptors (Lipinski definition) is 8. The Bertz CT molecular complexity index is 775. The highest BCUT2D eigenvalue weighted by molar-refractivity contribution is 6.15. The van der Waals surface area contributed by atoms with E-state index in [0.29, 0.717) is 37.7 Å². The van der Waals surface area contributed by atoms with Crippen molar-refractivity contribution in [1.82, 2.24) is 4.90 Å². The minimum atomic E-state index is -1.29. The van der Waals surface area contributed by atoms with Crippen LogP contribution < -0.4 is 10.1 Å². The molecular formula is C19H22N2O7. The topological polar surface area (TPSA) is 103 Å². The summed E-state index contributed by atoms with van der Waals surface area (Å²) in [5.74, 6) is -2.46. The predicted octanol–water partition coefficient (Wildman–Crippen LogP) is 1.06. The number of nitrogens with one attached hydrogen (secondary N) is 1. The lowest BCUT2D eigenvalue weighted by Gasteiger charge is -2.29. The lowest BCUT2D eigenvalue weighted by molar-refractivity contribution is -0.222. The van der Waals surface area contributed by atoms with Crippen molar-refractivity contribution >= 4 is 23.5 Å². The number of nitrogens with zero attached hydrogens (tertiary/aromatic N) is 1. The summed E-state index contributed by atoms with van der Waals surface area (Å²) in [5, 5.41) is 2.84. The van der Waals surface area contributed by atoms with Gasteiger partial charge in [0.15, 0.2) is 12.2 Å². The number of hydrogen-bond donors (Lipinski definition) is 1. The maximum absolute atomic E-state index is 12.1.